The zero-order chi connectivity index (χ0) is 15.3. The van der Waals surface area contributed by atoms with Gasteiger partial charge in [0.15, 0.2) is 0 Å². The Morgan fingerprint density at radius 2 is 2.05 bits per heavy atom. The Morgan fingerprint density at radius 3 is 2.62 bits per heavy atom. The average molecular weight is 292 g/mol. The van der Waals surface area contributed by atoms with Crippen molar-refractivity contribution in [1.29, 1.82) is 0 Å². The molecule has 0 bridgehead atoms. The molecule has 0 spiro atoms. The average Bonchev–Trinajstić information content (AvgIpc) is 3.25. The molecule has 0 unspecified atom stereocenters. The van der Waals surface area contributed by atoms with Crippen LogP contribution in [0, 0.1) is 5.92 Å². The molecule has 0 amide bonds. The predicted octanol–water partition coefficient (Wildman–Crippen LogP) is 2.23. The van der Waals surface area contributed by atoms with Gasteiger partial charge < -0.3 is 15.0 Å². The highest BCUT2D eigenvalue weighted by molar-refractivity contribution is 5.34. The monoisotopic (exact) mass is 292 g/mol. The van der Waals surface area contributed by atoms with E-state index in [2.05, 4.69) is 41.0 Å². The number of likely N-dealkylation sites (N-methyl/N-ethyl adjacent to an activating group) is 1. The van der Waals surface area contributed by atoms with Crippen LogP contribution in [0.3, 0.4) is 0 Å². The molecule has 2 rings (SSSR count). The van der Waals surface area contributed by atoms with Gasteiger partial charge in [-0.25, -0.2) is 4.98 Å². The molecule has 0 aromatic carbocycles. The summed E-state index contributed by atoms with van der Waals surface area (Å²) in [6.07, 6.45) is 6.35. The number of rotatable bonds is 8. The number of ether oxygens (including phenoxy) is 1. The number of nitrogens with zero attached hydrogens (tertiary/aromatic N) is 3. The van der Waals surface area contributed by atoms with Crippen LogP contribution in [0.25, 0.3) is 0 Å². The lowest BCUT2D eigenvalue weighted by atomic mass is 10.1. The SMILES string of the molecule is CN(CCOCC1CC1)c1cnc(CNC(C)(C)C)cn1. The molecule has 0 aliphatic heterocycles. The van der Waals surface area contributed by atoms with E-state index in [1.54, 1.807) is 0 Å². The second-order valence-electron chi connectivity index (χ2n) is 6.91. The predicted molar refractivity (Wildman–Crippen MR) is 85.4 cm³/mol. The fraction of sp³-hybridized carbons (Fsp3) is 0.750. The first-order valence-corrected chi connectivity index (χ1v) is 7.79. The summed E-state index contributed by atoms with van der Waals surface area (Å²) in [7, 11) is 2.03. The first-order valence-electron chi connectivity index (χ1n) is 7.79. The molecule has 5 heteroatoms. The number of anilines is 1. The van der Waals surface area contributed by atoms with E-state index in [9.17, 15) is 0 Å². The zero-order valence-corrected chi connectivity index (χ0v) is 13.7. The van der Waals surface area contributed by atoms with E-state index in [4.69, 9.17) is 4.74 Å². The molecule has 1 aliphatic rings. The lowest BCUT2D eigenvalue weighted by molar-refractivity contribution is 0.131. The van der Waals surface area contributed by atoms with Crippen molar-refractivity contribution in [2.45, 2.75) is 45.7 Å². The Labute approximate surface area is 128 Å². The van der Waals surface area contributed by atoms with Crippen molar-refractivity contribution in [3.8, 4) is 0 Å². The summed E-state index contributed by atoms with van der Waals surface area (Å²) < 4.78 is 5.65. The normalized spacial score (nSPS) is 15.2. The number of hydrogen-bond donors (Lipinski definition) is 1. The fourth-order valence-electron chi connectivity index (χ4n) is 1.84. The van der Waals surface area contributed by atoms with Crippen molar-refractivity contribution in [2.75, 3.05) is 31.7 Å². The van der Waals surface area contributed by atoms with Crippen molar-refractivity contribution in [1.82, 2.24) is 15.3 Å². The first kappa shape index (κ1) is 16.2. The standard InChI is InChI=1S/C16H28N4O/c1-16(2,3)19-10-14-9-18-15(11-17-14)20(4)7-8-21-12-13-5-6-13/h9,11,13,19H,5-8,10,12H2,1-4H3. The van der Waals surface area contributed by atoms with Gasteiger partial charge in [-0.15, -0.1) is 0 Å². The van der Waals surface area contributed by atoms with E-state index in [1.807, 2.05) is 19.4 Å². The van der Waals surface area contributed by atoms with Gasteiger partial charge in [0.05, 0.1) is 24.7 Å². The molecule has 1 aromatic heterocycles. The Balaban J connectivity index is 1.71. The lowest BCUT2D eigenvalue weighted by Crippen LogP contribution is -2.35. The van der Waals surface area contributed by atoms with Crippen molar-refractivity contribution in [3.63, 3.8) is 0 Å². The maximum Gasteiger partial charge on any atom is 0.146 e. The van der Waals surface area contributed by atoms with Crippen LogP contribution in [0.15, 0.2) is 12.4 Å². The Morgan fingerprint density at radius 1 is 1.29 bits per heavy atom. The van der Waals surface area contributed by atoms with Crippen molar-refractivity contribution >= 4 is 5.82 Å². The van der Waals surface area contributed by atoms with Crippen LogP contribution < -0.4 is 10.2 Å². The van der Waals surface area contributed by atoms with Crippen molar-refractivity contribution in [2.24, 2.45) is 5.92 Å². The second kappa shape index (κ2) is 7.18. The van der Waals surface area contributed by atoms with E-state index in [1.165, 1.54) is 12.8 Å². The van der Waals surface area contributed by atoms with Gasteiger partial charge >= 0.3 is 0 Å². The molecule has 1 fully saturated rings. The van der Waals surface area contributed by atoms with Gasteiger partial charge in [-0.3, -0.25) is 4.98 Å². The molecule has 5 nitrogen and oxygen atoms in total. The van der Waals surface area contributed by atoms with Crippen LogP contribution in [0.5, 0.6) is 0 Å². The molecule has 1 saturated carbocycles. The molecule has 1 aromatic rings. The highest BCUT2D eigenvalue weighted by atomic mass is 16.5. The van der Waals surface area contributed by atoms with Gasteiger partial charge in [-0.1, -0.05) is 0 Å². The molecule has 1 heterocycles. The van der Waals surface area contributed by atoms with E-state index >= 15 is 0 Å². The summed E-state index contributed by atoms with van der Waals surface area (Å²) >= 11 is 0. The number of nitrogens with one attached hydrogen (secondary N) is 1. The van der Waals surface area contributed by atoms with Gasteiger partial charge in [0.1, 0.15) is 5.82 Å². The summed E-state index contributed by atoms with van der Waals surface area (Å²) in [5.74, 6) is 1.72. The minimum absolute atomic E-state index is 0.0933. The van der Waals surface area contributed by atoms with Crippen molar-refractivity contribution in [3.05, 3.63) is 18.1 Å². The van der Waals surface area contributed by atoms with Gasteiger partial charge in [0, 0.05) is 32.3 Å². The molecule has 1 aliphatic carbocycles. The topological polar surface area (TPSA) is 50.3 Å². The van der Waals surface area contributed by atoms with E-state index in [-0.39, 0.29) is 5.54 Å². The van der Waals surface area contributed by atoms with Gasteiger partial charge in [-0.05, 0) is 39.5 Å². The number of hydrogen-bond acceptors (Lipinski definition) is 5. The molecule has 1 N–H and O–H groups in total. The van der Waals surface area contributed by atoms with Gasteiger partial charge in [-0.2, -0.15) is 0 Å². The van der Waals surface area contributed by atoms with E-state index < -0.39 is 0 Å². The third kappa shape index (κ3) is 6.40. The van der Waals surface area contributed by atoms with Crippen LogP contribution in [0.4, 0.5) is 5.82 Å². The van der Waals surface area contributed by atoms with Crippen molar-refractivity contribution < 1.29 is 4.74 Å². The van der Waals surface area contributed by atoms with Crippen LogP contribution in [0.2, 0.25) is 0 Å². The fourth-order valence-corrected chi connectivity index (χ4v) is 1.84. The highest BCUT2D eigenvalue weighted by Crippen LogP contribution is 2.28. The summed E-state index contributed by atoms with van der Waals surface area (Å²) in [4.78, 5) is 11.0. The van der Waals surface area contributed by atoms with E-state index in [0.29, 0.717) is 0 Å². The van der Waals surface area contributed by atoms with Crippen LogP contribution in [-0.2, 0) is 11.3 Å². The first-order chi connectivity index (χ1) is 9.94. The summed E-state index contributed by atoms with van der Waals surface area (Å²) in [5, 5.41) is 3.41. The Bertz CT molecular complexity index is 423. The minimum Gasteiger partial charge on any atom is -0.379 e. The molecule has 0 saturated heterocycles. The summed E-state index contributed by atoms with van der Waals surface area (Å²) in [5.41, 5.74) is 1.06. The quantitative estimate of drug-likeness (QED) is 0.745. The largest absolute Gasteiger partial charge is 0.379 e. The van der Waals surface area contributed by atoms with E-state index in [0.717, 1.165) is 43.7 Å². The molecule has 118 valence electrons. The third-order valence-corrected chi connectivity index (χ3v) is 3.50. The molecule has 0 atom stereocenters. The van der Waals surface area contributed by atoms with Crippen LogP contribution in [-0.4, -0.2) is 42.3 Å². The lowest BCUT2D eigenvalue weighted by Gasteiger charge is -2.21. The summed E-state index contributed by atoms with van der Waals surface area (Å²) in [6, 6.07) is 0. The van der Waals surface area contributed by atoms with Gasteiger partial charge in [0.2, 0.25) is 0 Å². The maximum absolute atomic E-state index is 5.65. The van der Waals surface area contributed by atoms with Crippen LogP contribution >= 0.6 is 0 Å². The Kier molecular flexibility index (Phi) is 5.53. The number of aromatic nitrogens is 2. The highest BCUT2D eigenvalue weighted by Gasteiger charge is 2.21. The maximum atomic E-state index is 5.65. The molecule has 21 heavy (non-hydrogen) atoms. The van der Waals surface area contributed by atoms with Crippen LogP contribution in [0.1, 0.15) is 39.3 Å². The minimum atomic E-state index is 0.0933. The second-order valence-corrected chi connectivity index (χ2v) is 6.91. The molecular weight excluding hydrogens is 264 g/mol. The van der Waals surface area contributed by atoms with Gasteiger partial charge in [0.25, 0.3) is 0 Å². The third-order valence-electron chi connectivity index (χ3n) is 3.50. The zero-order valence-electron chi connectivity index (χ0n) is 13.7. The summed E-state index contributed by atoms with van der Waals surface area (Å²) in [6.45, 7) is 9.68. The molecule has 0 radical (unpaired) electrons. The smallest absolute Gasteiger partial charge is 0.146 e. The Hall–Kier alpha value is -1.20. The molecular formula is C16H28N4O.